The molecule has 0 aliphatic carbocycles. The highest BCUT2D eigenvalue weighted by Gasteiger charge is 2.17. The van der Waals surface area contributed by atoms with Crippen molar-refractivity contribution in [3.05, 3.63) is 93.7 Å². The lowest BCUT2D eigenvalue weighted by Gasteiger charge is -2.10. The molecule has 0 unspecified atom stereocenters. The minimum absolute atomic E-state index is 0.193. The summed E-state index contributed by atoms with van der Waals surface area (Å²) in [5.41, 5.74) is 2.90. The Bertz CT molecular complexity index is 1560. The van der Waals surface area contributed by atoms with Gasteiger partial charge in [0.05, 0.1) is 17.8 Å². The zero-order valence-electron chi connectivity index (χ0n) is 18.2. The van der Waals surface area contributed by atoms with Crippen molar-refractivity contribution in [2.75, 3.05) is 0 Å². The van der Waals surface area contributed by atoms with Gasteiger partial charge in [0.15, 0.2) is 17.3 Å². The van der Waals surface area contributed by atoms with E-state index in [4.69, 9.17) is 0 Å². The SMILES string of the molecule is Cc1cc(C)n(CCc2nc3c4ccccc4n(CC(=O)c4ccc(F)cc4)c(=O)n3n2)n1. The molecule has 9 heteroatoms. The highest BCUT2D eigenvalue weighted by atomic mass is 19.1. The molecule has 3 aromatic heterocycles. The topological polar surface area (TPSA) is 87.1 Å². The average molecular weight is 444 g/mol. The molecule has 0 aliphatic heterocycles. The number of ketones is 1. The Kier molecular flexibility index (Phi) is 5.08. The van der Waals surface area contributed by atoms with E-state index in [-0.39, 0.29) is 12.3 Å². The van der Waals surface area contributed by atoms with Gasteiger partial charge in [-0.15, -0.1) is 5.10 Å². The van der Waals surface area contributed by atoms with Crippen molar-refractivity contribution in [1.29, 1.82) is 0 Å². The van der Waals surface area contributed by atoms with E-state index in [0.29, 0.717) is 40.9 Å². The molecule has 5 aromatic rings. The van der Waals surface area contributed by atoms with Gasteiger partial charge >= 0.3 is 5.69 Å². The molecule has 0 bridgehead atoms. The van der Waals surface area contributed by atoms with Crippen molar-refractivity contribution in [3.8, 4) is 0 Å². The molecule has 166 valence electrons. The standard InChI is InChI=1S/C24H21FN6O2/c1-15-13-16(2)30(27-15)12-11-22-26-23-19-5-3-4-6-20(19)29(24(33)31(23)28-22)14-21(32)17-7-9-18(25)10-8-17/h3-10,13H,11-12,14H2,1-2H3. The molecule has 0 N–H and O–H groups in total. The molecule has 2 aromatic carbocycles. The van der Waals surface area contributed by atoms with Crippen LogP contribution in [0.5, 0.6) is 0 Å². The molecule has 3 heterocycles. The zero-order valence-corrected chi connectivity index (χ0v) is 18.2. The summed E-state index contributed by atoms with van der Waals surface area (Å²) in [5.74, 6) is -0.204. The lowest BCUT2D eigenvalue weighted by atomic mass is 10.1. The summed E-state index contributed by atoms with van der Waals surface area (Å²) in [7, 11) is 0. The Labute approximate surface area is 187 Å². The quantitative estimate of drug-likeness (QED) is 0.376. The van der Waals surface area contributed by atoms with Crippen LogP contribution in [0.15, 0.2) is 59.4 Å². The number of fused-ring (bicyclic) bond motifs is 3. The number of aromatic nitrogens is 6. The van der Waals surface area contributed by atoms with Gasteiger partial charge in [-0.3, -0.25) is 14.0 Å². The predicted octanol–water partition coefficient (Wildman–Crippen LogP) is 3.12. The predicted molar refractivity (Wildman–Crippen MR) is 121 cm³/mol. The third-order valence-electron chi connectivity index (χ3n) is 5.62. The number of para-hydroxylation sites is 1. The van der Waals surface area contributed by atoms with Crippen molar-refractivity contribution in [2.45, 2.75) is 33.4 Å². The van der Waals surface area contributed by atoms with Crippen LogP contribution in [0.2, 0.25) is 0 Å². The molecular weight excluding hydrogens is 423 g/mol. The minimum Gasteiger partial charge on any atom is -0.292 e. The van der Waals surface area contributed by atoms with Crippen molar-refractivity contribution < 1.29 is 9.18 Å². The van der Waals surface area contributed by atoms with E-state index in [1.165, 1.54) is 33.3 Å². The van der Waals surface area contributed by atoms with Gasteiger partial charge in [0.25, 0.3) is 0 Å². The second kappa shape index (κ2) is 8.09. The maximum absolute atomic E-state index is 13.3. The normalized spacial score (nSPS) is 11.5. The van der Waals surface area contributed by atoms with E-state index in [9.17, 15) is 14.0 Å². The van der Waals surface area contributed by atoms with E-state index in [1.807, 2.05) is 36.7 Å². The molecule has 8 nitrogen and oxygen atoms in total. The number of carbonyl (C=O) groups excluding carboxylic acids is 1. The summed E-state index contributed by atoms with van der Waals surface area (Å²) in [4.78, 5) is 30.7. The van der Waals surface area contributed by atoms with Crippen molar-refractivity contribution in [3.63, 3.8) is 0 Å². The Morgan fingerprint density at radius 3 is 2.52 bits per heavy atom. The molecule has 0 atom stereocenters. The van der Waals surface area contributed by atoms with E-state index in [2.05, 4.69) is 15.2 Å². The van der Waals surface area contributed by atoms with Crippen LogP contribution in [0.25, 0.3) is 16.6 Å². The molecule has 0 fully saturated rings. The zero-order chi connectivity index (χ0) is 23.1. The van der Waals surface area contributed by atoms with Crippen molar-refractivity contribution in [2.24, 2.45) is 0 Å². The Balaban J connectivity index is 1.54. The van der Waals surface area contributed by atoms with Gasteiger partial charge in [-0.25, -0.2) is 14.2 Å². The Morgan fingerprint density at radius 2 is 1.79 bits per heavy atom. The Hall–Kier alpha value is -4.14. The van der Waals surface area contributed by atoms with Crippen molar-refractivity contribution >= 4 is 22.3 Å². The number of carbonyl (C=O) groups is 1. The Morgan fingerprint density at radius 1 is 1.03 bits per heavy atom. The number of aryl methyl sites for hydroxylation is 4. The lowest BCUT2D eigenvalue weighted by Crippen LogP contribution is -2.30. The minimum atomic E-state index is -0.455. The van der Waals surface area contributed by atoms with Gasteiger partial charge in [-0.05, 0) is 56.3 Å². The smallest absolute Gasteiger partial charge is 0.292 e. The van der Waals surface area contributed by atoms with Crippen LogP contribution in [0.3, 0.4) is 0 Å². The maximum Gasteiger partial charge on any atom is 0.351 e. The fourth-order valence-corrected chi connectivity index (χ4v) is 4.01. The first kappa shape index (κ1) is 20.7. The second-order valence-electron chi connectivity index (χ2n) is 7.98. The number of Topliss-reactive ketones (excluding diaryl/α,β-unsaturated/α-hetero) is 1. The lowest BCUT2D eigenvalue weighted by molar-refractivity contribution is 0.0971. The molecule has 0 saturated heterocycles. The van der Waals surface area contributed by atoms with Crippen LogP contribution in [-0.2, 0) is 19.5 Å². The summed E-state index contributed by atoms with van der Waals surface area (Å²) in [6.07, 6.45) is 0.506. The monoisotopic (exact) mass is 444 g/mol. The molecule has 0 radical (unpaired) electrons. The molecule has 0 saturated carbocycles. The first-order valence-corrected chi connectivity index (χ1v) is 10.6. The van der Waals surface area contributed by atoms with Crippen molar-refractivity contribution in [1.82, 2.24) is 28.9 Å². The first-order valence-electron chi connectivity index (χ1n) is 10.6. The van der Waals surface area contributed by atoms with Crippen LogP contribution in [-0.4, -0.2) is 34.7 Å². The fraction of sp³-hybridized carbons (Fsp3) is 0.208. The van der Waals surface area contributed by atoms with E-state index in [0.717, 1.165) is 11.4 Å². The van der Waals surface area contributed by atoms with E-state index in [1.54, 1.807) is 12.1 Å². The van der Waals surface area contributed by atoms with Gasteiger partial charge in [0.1, 0.15) is 5.82 Å². The van der Waals surface area contributed by atoms with Crippen LogP contribution in [0.4, 0.5) is 4.39 Å². The summed E-state index contributed by atoms with van der Waals surface area (Å²) in [5, 5.41) is 9.61. The summed E-state index contributed by atoms with van der Waals surface area (Å²) in [6.45, 7) is 4.32. The van der Waals surface area contributed by atoms with Crippen LogP contribution in [0.1, 0.15) is 27.6 Å². The highest BCUT2D eigenvalue weighted by molar-refractivity contribution is 5.97. The second-order valence-corrected chi connectivity index (χ2v) is 7.98. The fourth-order valence-electron chi connectivity index (χ4n) is 4.01. The van der Waals surface area contributed by atoms with Crippen LogP contribution >= 0.6 is 0 Å². The molecule has 5 rings (SSSR count). The van der Waals surface area contributed by atoms with Gasteiger partial charge in [-0.1, -0.05) is 12.1 Å². The highest BCUT2D eigenvalue weighted by Crippen LogP contribution is 2.18. The van der Waals surface area contributed by atoms with Gasteiger partial charge in [0.2, 0.25) is 0 Å². The number of hydrogen-bond acceptors (Lipinski definition) is 5. The number of nitrogens with zero attached hydrogens (tertiary/aromatic N) is 6. The third-order valence-corrected chi connectivity index (χ3v) is 5.62. The summed E-state index contributed by atoms with van der Waals surface area (Å²) >= 11 is 0. The van der Waals surface area contributed by atoms with E-state index < -0.39 is 11.5 Å². The summed E-state index contributed by atoms with van der Waals surface area (Å²) < 4.78 is 17.7. The molecule has 0 aliphatic rings. The van der Waals surface area contributed by atoms with E-state index >= 15 is 0 Å². The molecule has 33 heavy (non-hydrogen) atoms. The van der Waals surface area contributed by atoms with Crippen LogP contribution in [0, 0.1) is 19.7 Å². The number of rotatable bonds is 6. The molecule has 0 amide bonds. The molecular formula is C24H21FN6O2. The number of halogens is 1. The summed E-state index contributed by atoms with van der Waals surface area (Å²) in [6, 6.07) is 14.6. The van der Waals surface area contributed by atoms with Gasteiger partial charge in [0, 0.05) is 29.6 Å². The number of benzene rings is 2. The van der Waals surface area contributed by atoms with Gasteiger partial charge in [-0.2, -0.15) is 9.61 Å². The maximum atomic E-state index is 13.3. The van der Waals surface area contributed by atoms with Crippen LogP contribution < -0.4 is 5.69 Å². The van der Waals surface area contributed by atoms with Gasteiger partial charge < -0.3 is 0 Å². The first-order chi connectivity index (χ1) is 15.9. The number of hydrogen-bond donors (Lipinski definition) is 0. The molecule has 0 spiro atoms. The average Bonchev–Trinajstić information content (AvgIpc) is 3.38. The largest absolute Gasteiger partial charge is 0.351 e. The third kappa shape index (κ3) is 3.82.